The lowest BCUT2D eigenvalue weighted by Crippen LogP contribution is -2.23. The Hall–Kier alpha value is -2.26. The molecule has 1 N–H and O–H groups in total. The number of hydrogen-bond acceptors (Lipinski definition) is 3. The maximum atomic E-state index is 4.46. The number of nitrogens with zero attached hydrogens (tertiary/aromatic N) is 2. The molecule has 0 fully saturated rings. The van der Waals surface area contributed by atoms with Gasteiger partial charge < -0.3 is 5.32 Å². The first-order valence-electron chi connectivity index (χ1n) is 7.36. The van der Waals surface area contributed by atoms with E-state index in [2.05, 4.69) is 58.6 Å². The van der Waals surface area contributed by atoms with Crippen molar-refractivity contribution in [1.29, 1.82) is 0 Å². The summed E-state index contributed by atoms with van der Waals surface area (Å²) in [4.78, 5) is 8.57. The van der Waals surface area contributed by atoms with E-state index in [1.54, 1.807) is 0 Å². The van der Waals surface area contributed by atoms with Gasteiger partial charge in [-0.2, -0.15) is 0 Å². The molecule has 2 aromatic heterocycles. The van der Waals surface area contributed by atoms with Gasteiger partial charge in [0, 0.05) is 24.0 Å². The van der Waals surface area contributed by atoms with Gasteiger partial charge in [0.05, 0.1) is 11.6 Å². The maximum absolute atomic E-state index is 4.46. The second kappa shape index (κ2) is 6.46. The fourth-order valence-corrected chi connectivity index (χ4v) is 2.54. The van der Waals surface area contributed by atoms with Gasteiger partial charge in [-0.15, -0.1) is 0 Å². The molecule has 0 amide bonds. The number of hydrogen-bond donors (Lipinski definition) is 1. The highest BCUT2D eigenvalue weighted by atomic mass is 14.9. The summed E-state index contributed by atoms with van der Waals surface area (Å²) in [5, 5.41) is 4.78. The van der Waals surface area contributed by atoms with Crippen molar-refractivity contribution in [3.63, 3.8) is 0 Å². The molecule has 0 aliphatic carbocycles. The van der Waals surface area contributed by atoms with Crippen LogP contribution in [0.15, 0.2) is 61.1 Å². The molecule has 21 heavy (non-hydrogen) atoms. The standard InChI is InChI=1S/C18H19N3/c1-2-9-21-18(15-7-11-19-12-8-15)16-6-5-14-4-3-10-20-17(14)13-16/h3-8,10-13,18,21H,2,9H2,1H3. The minimum Gasteiger partial charge on any atom is -0.306 e. The fraction of sp³-hybridized carbons (Fsp3) is 0.222. The number of aromatic nitrogens is 2. The molecular weight excluding hydrogens is 258 g/mol. The van der Waals surface area contributed by atoms with Crippen LogP contribution in [0.25, 0.3) is 10.9 Å². The Bertz CT molecular complexity index is 710. The molecular formula is C18H19N3. The van der Waals surface area contributed by atoms with E-state index in [1.807, 2.05) is 24.7 Å². The molecule has 2 heterocycles. The van der Waals surface area contributed by atoms with Crippen molar-refractivity contribution in [2.75, 3.05) is 6.54 Å². The summed E-state index contributed by atoms with van der Waals surface area (Å²) < 4.78 is 0. The highest BCUT2D eigenvalue weighted by Gasteiger charge is 2.13. The monoisotopic (exact) mass is 277 g/mol. The van der Waals surface area contributed by atoms with Gasteiger partial charge in [0.2, 0.25) is 0 Å². The van der Waals surface area contributed by atoms with Crippen LogP contribution in [0, 0.1) is 0 Å². The van der Waals surface area contributed by atoms with Crippen molar-refractivity contribution in [2.45, 2.75) is 19.4 Å². The average Bonchev–Trinajstić information content (AvgIpc) is 2.56. The quantitative estimate of drug-likeness (QED) is 0.772. The Labute approximate surface area is 125 Å². The van der Waals surface area contributed by atoms with E-state index in [0.717, 1.165) is 18.5 Å². The van der Waals surface area contributed by atoms with E-state index < -0.39 is 0 Å². The third-order valence-electron chi connectivity index (χ3n) is 3.60. The summed E-state index contributed by atoms with van der Waals surface area (Å²) in [6.45, 7) is 3.16. The number of nitrogens with one attached hydrogen (secondary N) is 1. The van der Waals surface area contributed by atoms with Crippen LogP contribution in [0.3, 0.4) is 0 Å². The van der Waals surface area contributed by atoms with Crippen molar-refractivity contribution in [2.24, 2.45) is 0 Å². The molecule has 0 saturated carbocycles. The first-order chi connectivity index (χ1) is 10.4. The lowest BCUT2D eigenvalue weighted by Gasteiger charge is -2.19. The second-order valence-electron chi connectivity index (χ2n) is 5.12. The zero-order valence-electron chi connectivity index (χ0n) is 12.2. The summed E-state index contributed by atoms with van der Waals surface area (Å²) in [7, 11) is 0. The van der Waals surface area contributed by atoms with Crippen LogP contribution in [0.1, 0.15) is 30.5 Å². The minimum absolute atomic E-state index is 0.180. The van der Waals surface area contributed by atoms with Crippen molar-refractivity contribution in [3.8, 4) is 0 Å². The summed E-state index contributed by atoms with van der Waals surface area (Å²) in [6, 6.07) is 14.9. The predicted octanol–water partition coefficient (Wildman–Crippen LogP) is 3.72. The molecule has 1 aromatic carbocycles. The van der Waals surface area contributed by atoms with Gasteiger partial charge in [-0.1, -0.05) is 25.1 Å². The first-order valence-corrected chi connectivity index (χ1v) is 7.36. The van der Waals surface area contributed by atoms with Crippen molar-refractivity contribution < 1.29 is 0 Å². The maximum Gasteiger partial charge on any atom is 0.0705 e. The topological polar surface area (TPSA) is 37.8 Å². The summed E-state index contributed by atoms with van der Waals surface area (Å²) in [5.74, 6) is 0. The lowest BCUT2D eigenvalue weighted by molar-refractivity contribution is 0.598. The Morgan fingerprint density at radius 2 is 1.86 bits per heavy atom. The normalized spacial score (nSPS) is 12.4. The van der Waals surface area contributed by atoms with Gasteiger partial charge in [-0.3, -0.25) is 9.97 Å². The highest BCUT2D eigenvalue weighted by molar-refractivity contribution is 5.79. The van der Waals surface area contributed by atoms with Crippen LogP contribution in [-0.4, -0.2) is 16.5 Å². The largest absolute Gasteiger partial charge is 0.306 e. The summed E-state index contributed by atoms with van der Waals surface area (Å²) in [6.07, 6.45) is 6.63. The van der Waals surface area contributed by atoms with Crippen LogP contribution in [0.2, 0.25) is 0 Å². The molecule has 3 heteroatoms. The van der Waals surface area contributed by atoms with E-state index >= 15 is 0 Å². The van der Waals surface area contributed by atoms with Gasteiger partial charge in [-0.05, 0) is 48.4 Å². The van der Waals surface area contributed by atoms with Gasteiger partial charge in [0.25, 0.3) is 0 Å². The number of pyridine rings is 2. The molecule has 0 saturated heterocycles. The average molecular weight is 277 g/mol. The van der Waals surface area contributed by atoms with Gasteiger partial charge in [0.1, 0.15) is 0 Å². The predicted molar refractivity (Wildman–Crippen MR) is 86.1 cm³/mol. The zero-order valence-corrected chi connectivity index (χ0v) is 12.2. The van der Waals surface area contributed by atoms with E-state index in [-0.39, 0.29) is 6.04 Å². The molecule has 0 aliphatic heterocycles. The Kier molecular flexibility index (Phi) is 4.22. The zero-order chi connectivity index (χ0) is 14.5. The molecule has 1 unspecified atom stereocenters. The summed E-state index contributed by atoms with van der Waals surface area (Å²) >= 11 is 0. The SMILES string of the molecule is CCCNC(c1ccncc1)c1ccc2cccnc2c1. The number of rotatable bonds is 5. The summed E-state index contributed by atoms with van der Waals surface area (Å²) in [5.41, 5.74) is 3.50. The second-order valence-corrected chi connectivity index (χ2v) is 5.12. The Morgan fingerprint density at radius 3 is 2.67 bits per heavy atom. The molecule has 0 aliphatic rings. The van der Waals surface area contributed by atoms with E-state index in [4.69, 9.17) is 0 Å². The van der Waals surface area contributed by atoms with E-state index in [9.17, 15) is 0 Å². The molecule has 0 radical (unpaired) electrons. The van der Waals surface area contributed by atoms with Gasteiger partial charge in [0.15, 0.2) is 0 Å². The van der Waals surface area contributed by atoms with Crippen LogP contribution in [0.5, 0.6) is 0 Å². The number of benzene rings is 1. The lowest BCUT2D eigenvalue weighted by atomic mass is 9.98. The van der Waals surface area contributed by atoms with E-state index in [0.29, 0.717) is 0 Å². The third-order valence-corrected chi connectivity index (χ3v) is 3.60. The molecule has 0 bridgehead atoms. The highest BCUT2D eigenvalue weighted by Crippen LogP contribution is 2.24. The van der Waals surface area contributed by atoms with Crippen LogP contribution >= 0.6 is 0 Å². The molecule has 3 aromatic rings. The molecule has 3 nitrogen and oxygen atoms in total. The van der Waals surface area contributed by atoms with Crippen molar-refractivity contribution in [3.05, 3.63) is 72.2 Å². The van der Waals surface area contributed by atoms with Crippen LogP contribution < -0.4 is 5.32 Å². The van der Waals surface area contributed by atoms with Gasteiger partial charge >= 0.3 is 0 Å². The minimum atomic E-state index is 0.180. The number of fused-ring (bicyclic) bond motifs is 1. The van der Waals surface area contributed by atoms with Gasteiger partial charge in [-0.25, -0.2) is 0 Å². The smallest absolute Gasteiger partial charge is 0.0705 e. The van der Waals surface area contributed by atoms with Crippen LogP contribution in [0.4, 0.5) is 0 Å². The molecule has 1 atom stereocenters. The van der Waals surface area contributed by atoms with E-state index in [1.165, 1.54) is 16.5 Å². The molecule has 3 rings (SSSR count). The van der Waals surface area contributed by atoms with Crippen molar-refractivity contribution in [1.82, 2.24) is 15.3 Å². The van der Waals surface area contributed by atoms with Crippen molar-refractivity contribution >= 4 is 10.9 Å². The fourth-order valence-electron chi connectivity index (χ4n) is 2.54. The Balaban J connectivity index is 2.01. The first kappa shape index (κ1) is 13.7. The Morgan fingerprint density at radius 1 is 1.00 bits per heavy atom. The van der Waals surface area contributed by atoms with Crippen LogP contribution in [-0.2, 0) is 0 Å². The molecule has 0 spiro atoms. The molecule has 106 valence electrons. The third kappa shape index (κ3) is 3.09.